The number of halogens is 3. The second-order valence-corrected chi connectivity index (χ2v) is 6.44. The first-order valence-electron chi connectivity index (χ1n) is 9.01. The van der Waals surface area contributed by atoms with Crippen LogP contribution in [0.3, 0.4) is 0 Å². The van der Waals surface area contributed by atoms with E-state index in [1.165, 1.54) is 24.3 Å². The number of methoxy groups -OCH3 is 1. The Hall–Kier alpha value is -3.68. The Kier molecular flexibility index (Phi) is 5.22. The fourth-order valence-electron chi connectivity index (χ4n) is 2.97. The van der Waals surface area contributed by atoms with E-state index in [9.17, 15) is 13.2 Å². The lowest BCUT2D eigenvalue weighted by Crippen LogP contribution is -2.17. The molecule has 2 heterocycles. The van der Waals surface area contributed by atoms with Crippen molar-refractivity contribution in [3.8, 4) is 28.5 Å². The number of hydrogen-bond donors (Lipinski definition) is 0. The van der Waals surface area contributed by atoms with Crippen LogP contribution in [0.2, 0.25) is 0 Å². The summed E-state index contributed by atoms with van der Waals surface area (Å²) in [5.41, 5.74) is 3.20. The van der Waals surface area contributed by atoms with Gasteiger partial charge in [-0.2, -0.15) is 0 Å². The molecule has 154 valence electrons. The van der Waals surface area contributed by atoms with Crippen LogP contribution in [0.4, 0.5) is 13.2 Å². The van der Waals surface area contributed by atoms with Crippen molar-refractivity contribution in [2.75, 3.05) is 7.11 Å². The molecule has 0 aliphatic heterocycles. The fourth-order valence-corrected chi connectivity index (χ4v) is 2.97. The lowest BCUT2D eigenvalue weighted by atomic mass is 10.1. The van der Waals surface area contributed by atoms with E-state index in [1.54, 1.807) is 13.2 Å². The highest BCUT2D eigenvalue weighted by Gasteiger charge is 2.30. The van der Waals surface area contributed by atoms with Crippen LogP contribution in [0, 0.1) is 0 Å². The van der Waals surface area contributed by atoms with E-state index in [4.69, 9.17) is 9.47 Å². The number of rotatable bonds is 6. The summed E-state index contributed by atoms with van der Waals surface area (Å²) in [7, 11) is 1.54. The molecule has 0 aliphatic carbocycles. The molecule has 0 fully saturated rings. The van der Waals surface area contributed by atoms with E-state index in [0.717, 1.165) is 16.9 Å². The highest BCUT2D eigenvalue weighted by Crippen LogP contribution is 2.33. The predicted molar refractivity (Wildman–Crippen MR) is 105 cm³/mol. The molecule has 5 nitrogen and oxygen atoms in total. The lowest BCUT2D eigenvalue weighted by Gasteiger charge is -2.12. The zero-order valence-electron chi connectivity index (χ0n) is 15.9. The first-order chi connectivity index (χ1) is 14.4. The average Bonchev–Trinajstić information content (AvgIpc) is 3.16. The number of pyridine rings is 1. The number of alkyl halides is 3. The van der Waals surface area contributed by atoms with Gasteiger partial charge < -0.3 is 18.6 Å². The summed E-state index contributed by atoms with van der Waals surface area (Å²) in [5.74, 6) is 0.767. The van der Waals surface area contributed by atoms with Gasteiger partial charge in [0.2, 0.25) is 0 Å². The SMILES string of the molecule is COc1cc(-c2cn3ccccc3n2)ccc1OCc1ccc(OC(F)(F)F)cc1. The maximum atomic E-state index is 12.2. The van der Waals surface area contributed by atoms with Gasteiger partial charge in [0.15, 0.2) is 11.5 Å². The van der Waals surface area contributed by atoms with Crippen LogP contribution in [0.1, 0.15) is 5.56 Å². The van der Waals surface area contributed by atoms with Crippen molar-refractivity contribution in [3.05, 3.63) is 78.6 Å². The van der Waals surface area contributed by atoms with Gasteiger partial charge in [0.25, 0.3) is 0 Å². The smallest absolute Gasteiger partial charge is 0.493 e. The summed E-state index contributed by atoms with van der Waals surface area (Å²) in [5, 5.41) is 0. The monoisotopic (exact) mass is 414 g/mol. The highest BCUT2D eigenvalue weighted by atomic mass is 19.4. The number of nitrogens with zero attached hydrogens (tertiary/aromatic N) is 2. The van der Waals surface area contributed by atoms with Gasteiger partial charge in [-0.1, -0.05) is 18.2 Å². The predicted octanol–water partition coefficient (Wildman–Crippen LogP) is 5.49. The quantitative estimate of drug-likeness (QED) is 0.419. The van der Waals surface area contributed by atoms with Gasteiger partial charge in [-0.3, -0.25) is 0 Å². The van der Waals surface area contributed by atoms with E-state index in [-0.39, 0.29) is 12.4 Å². The summed E-state index contributed by atoms with van der Waals surface area (Å²) in [4.78, 5) is 4.59. The fraction of sp³-hybridized carbons (Fsp3) is 0.136. The Morgan fingerprint density at radius 1 is 0.967 bits per heavy atom. The van der Waals surface area contributed by atoms with Gasteiger partial charge in [0, 0.05) is 18.0 Å². The Balaban J connectivity index is 1.48. The molecule has 2 aromatic carbocycles. The Morgan fingerprint density at radius 2 is 1.77 bits per heavy atom. The van der Waals surface area contributed by atoms with Crippen LogP contribution in [0.25, 0.3) is 16.9 Å². The molecule has 2 aromatic heterocycles. The van der Waals surface area contributed by atoms with Crippen LogP contribution < -0.4 is 14.2 Å². The largest absolute Gasteiger partial charge is 0.573 e. The molecule has 0 aliphatic rings. The minimum absolute atomic E-state index is 0.163. The summed E-state index contributed by atoms with van der Waals surface area (Å²) in [6, 6.07) is 16.8. The van der Waals surface area contributed by atoms with E-state index >= 15 is 0 Å². The molecule has 0 radical (unpaired) electrons. The molecule has 8 heteroatoms. The maximum Gasteiger partial charge on any atom is 0.573 e. The number of ether oxygens (including phenoxy) is 3. The van der Waals surface area contributed by atoms with Crippen molar-refractivity contribution in [3.63, 3.8) is 0 Å². The second-order valence-electron chi connectivity index (χ2n) is 6.44. The van der Waals surface area contributed by atoms with Crippen molar-refractivity contribution < 1.29 is 27.4 Å². The van der Waals surface area contributed by atoms with Gasteiger partial charge in [-0.05, 0) is 48.0 Å². The number of imidazole rings is 1. The van der Waals surface area contributed by atoms with Gasteiger partial charge in [-0.25, -0.2) is 4.98 Å². The van der Waals surface area contributed by atoms with Crippen LogP contribution in [0.5, 0.6) is 17.2 Å². The van der Waals surface area contributed by atoms with E-state index < -0.39 is 6.36 Å². The zero-order valence-corrected chi connectivity index (χ0v) is 15.9. The van der Waals surface area contributed by atoms with Crippen molar-refractivity contribution in [2.24, 2.45) is 0 Å². The van der Waals surface area contributed by atoms with Crippen molar-refractivity contribution in [1.29, 1.82) is 0 Å². The molecule has 4 rings (SSSR count). The van der Waals surface area contributed by atoms with Crippen molar-refractivity contribution in [2.45, 2.75) is 13.0 Å². The lowest BCUT2D eigenvalue weighted by molar-refractivity contribution is -0.274. The summed E-state index contributed by atoms with van der Waals surface area (Å²) >= 11 is 0. The highest BCUT2D eigenvalue weighted by molar-refractivity contribution is 5.66. The molecular formula is C22H17F3N2O3. The molecule has 4 aromatic rings. The molecule has 0 bridgehead atoms. The number of benzene rings is 2. The van der Waals surface area contributed by atoms with Crippen molar-refractivity contribution in [1.82, 2.24) is 9.38 Å². The Labute approximate surface area is 170 Å². The van der Waals surface area contributed by atoms with Crippen LogP contribution in [0.15, 0.2) is 73.1 Å². The minimum Gasteiger partial charge on any atom is -0.493 e. The number of fused-ring (bicyclic) bond motifs is 1. The molecule has 30 heavy (non-hydrogen) atoms. The van der Waals surface area contributed by atoms with Crippen LogP contribution in [-0.4, -0.2) is 22.9 Å². The topological polar surface area (TPSA) is 45.0 Å². The first-order valence-corrected chi connectivity index (χ1v) is 9.01. The maximum absolute atomic E-state index is 12.2. The average molecular weight is 414 g/mol. The van der Waals surface area contributed by atoms with E-state index in [1.807, 2.05) is 47.1 Å². The molecular weight excluding hydrogens is 397 g/mol. The Bertz CT molecular complexity index is 1120. The normalized spacial score (nSPS) is 11.5. The van der Waals surface area contributed by atoms with E-state index in [0.29, 0.717) is 17.1 Å². The van der Waals surface area contributed by atoms with Crippen LogP contribution in [-0.2, 0) is 6.61 Å². The molecule has 0 spiro atoms. The number of hydrogen-bond acceptors (Lipinski definition) is 4. The van der Waals surface area contributed by atoms with Crippen molar-refractivity contribution >= 4 is 5.65 Å². The summed E-state index contributed by atoms with van der Waals surface area (Å²) in [6.07, 6.45) is -0.866. The summed E-state index contributed by atoms with van der Waals surface area (Å²) < 4.78 is 53.8. The number of aromatic nitrogens is 2. The van der Waals surface area contributed by atoms with E-state index in [2.05, 4.69) is 9.72 Å². The molecule has 0 N–H and O–H groups in total. The first kappa shape index (κ1) is 19.6. The molecule has 0 saturated heterocycles. The standard InChI is InChI=1S/C22H17F3N2O3/c1-28-20-12-16(18-13-27-11-3-2-4-21(27)26-18)7-10-19(20)29-14-15-5-8-17(9-6-15)30-22(23,24)25/h2-13H,14H2,1H3. The second kappa shape index (κ2) is 7.98. The summed E-state index contributed by atoms with van der Waals surface area (Å²) in [6.45, 7) is 0.163. The molecule has 0 amide bonds. The molecule has 0 saturated carbocycles. The van der Waals surface area contributed by atoms with Gasteiger partial charge >= 0.3 is 6.36 Å². The van der Waals surface area contributed by atoms with Crippen LogP contribution >= 0.6 is 0 Å². The zero-order chi connectivity index (χ0) is 21.1. The third kappa shape index (κ3) is 4.48. The third-order valence-electron chi connectivity index (χ3n) is 4.37. The minimum atomic E-state index is -4.71. The Morgan fingerprint density at radius 3 is 2.47 bits per heavy atom. The van der Waals surface area contributed by atoms with Gasteiger partial charge in [-0.15, -0.1) is 13.2 Å². The molecule has 0 unspecified atom stereocenters. The third-order valence-corrected chi connectivity index (χ3v) is 4.37. The van der Waals surface area contributed by atoms with Gasteiger partial charge in [0.1, 0.15) is 18.0 Å². The van der Waals surface area contributed by atoms with Gasteiger partial charge in [0.05, 0.1) is 12.8 Å². The molecule has 0 atom stereocenters.